The van der Waals surface area contributed by atoms with Crippen molar-refractivity contribution in [3.8, 4) is 0 Å². The number of aryl methyl sites for hydroxylation is 1. The highest BCUT2D eigenvalue weighted by Crippen LogP contribution is 2.17. The molecule has 0 aliphatic carbocycles. The largest absolute Gasteiger partial charge is 0.322 e. The molecular weight excluding hydrogens is 234 g/mol. The minimum Gasteiger partial charge on any atom is -0.322 e. The standard InChI is InChI=1S/C14H12ClNO/c1-10-9-11(7-8-13(10)15)14(17)16-12-5-3-2-4-6-12/h2-9H,1H3,(H,16,17). The molecule has 0 atom stereocenters. The number of anilines is 1. The Balaban J connectivity index is 2.18. The summed E-state index contributed by atoms with van der Waals surface area (Å²) in [6.45, 7) is 1.88. The van der Waals surface area contributed by atoms with Crippen LogP contribution in [0.5, 0.6) is 0 Å². The number of hydrogen-bond acceptors (Lipinski definition) is 1. The normalized spacial score (nSPS) is 10.0. The summed E-state index contributed by atoms with van der Waals surface area (Å²) in [5.41, 5.74) is 2.29. The molecule has 2 aromatic rings. The molecule has 2 rings (SSSR count). The zero-order valence-electron chi connectivity index (χ0n) is 9.41. The highest BCUT2D eigenvalue weighted by molar-refractivity contribution is 6.31. The first-order valence-corrected chi connectivity index (χ1v) is 5.67. The average Bonchev–Trinajstić information content (AvgIpc) is 2.34. The minimum atomic E-state index is -0.129. The third-order valence-electron chi connectivity index (χ3n) is 2.45. The number of para-hydroxylation sites is 1. The van der Waals surface area contributed by atoms with Gasteiger partial charge in [0, 0.05) is 16.3 Å². The van der Waals surface area contributed by atoms with E-state index in [1.54, 1.807) is 18.2 Å². The van der Waals surface area contributed by atoms with E-state index in [2.05, 4.69) is 5.32 Å². The number of amides is 1. The third kappa shape index (κ3) is 2.86. The Labute approximate surface area is 105 Å². The molecule has 1 amide bonds. The molecule has 0 aliphatic heterocycles. The van der Waals surface area contributed by atoms with Crippen LogP contribution >= 0.6 is 11.6 Å². The first-order valence-electron chi connectivity index (χ1n) is 5.29. The zero-order chi connectivity index (χ0) is 12.3. The molecule has 3 heteroatoms. The fourth-order valence-electron chi connectivity index (χ4n) is 1.51. The lowest BCUT2D eigenvalue weighted by atomic mass is 10.1. The van der Waals surface area contributed by atoms with Crippen molar-refractivity contribution in [2.45, 2.75) is 6.92 Å². The smallest absolute Gasteiger partial charge is 0.255 e. The topological polar surface area (TPSA) is 29.1 Å². The summed E-state index contributed by atoms with van der Waals surface area (Å²) in [5.74, 6) is -0.129. The number of carbonyl (C=O) groups is 1. The first-order chi connectivity index (χ1) is 8.16. The van der Waals surface area contributed by atoms with E-state index in [9.17, 15) is 4.79 Å². The predicted molar refractivity (Wildman–Crippen MR) is 70.6 cm³/mol. The van der Waals surface area contributed by atoms with Crippen molar-refractivity contribution in [3.05, 3.63) is 64.7 Å². The second kappa shape index (κ2) is 5.02. The number of benzene rings is 2. The van der Waals surface area contributed by atoms with Gasteiger partial charge in [-0.15, -0.1) is 0 Å². The van der Waals surface area contributed by atoms with Gasteiger partial charge in [0.2, 0.25) is 0 Å². The molecule has 0 saturated carbocycles. The van der Waals surface area contributed by atoms with Gasteiger partial charge in [0.1, 0.15) is 0 Å². The molecule has 0 aliphatic rings. The second-order valence-electron chi connectivity index (χ2n) is 3.78. The maximum Gasteiger partial charge on any atom is 0.255 e. The Morgan fingerprint density at radius 1 is 1.12 bits per heavy atom. The van der Waals surface area contributed by atoms with Gasteiger partial charge in [0.15, 0.2) is 0 Å². The SMILES string of the molecule is Cc1cc(C(=O)Nc2ccccc2)ccc1Cl. The fraction of sp³-hybridized carbons (Fsp3) is 0.0714. The molecule has 0 unspecified atom stereocenters. The highest BCUT2D eigenvalue weighted by Gasteiger charge is 2.07. The van der Waals surface area contributed by atoms with E-state index in [4.69, 9.17) is 11.6 Å². The third-order valence-corrected chi connectivity index (χ3v) is 2.88. The summed E-state index contributed by atoms with van der Waals surface area (Å²) in [4.78, 5) is 11.9. The van der Waals surface area contributed by atoms with Gasteiger partial charge in [-0.25, -0.2) is 0 Å². The van der Waals surface area contributed by atoms with Gasteiger partial charge >= 0.3 is 0 Å². The lowest BCUT2D eigenvalue weighted by Gasteiger charge is -2.06. The summed E-state index contributed by atoms with van der Waals surface area (Å²) in [6, 6.07) is 14.6. The van der Waals surface area contributed by atoms with Gasteiger partial charge in [-0.1, -0.05) is 29.8 Å². The predicted octanol–water partition coefficient (Wildman–Crippen LogP) is 3.90. The summed E-state index contributed by atoms with van der Waals surface area (Å²) in [7, 11) is 0. The van der Waals surface area contributed by atoms with Gasteiger partial charge in [-0.3, -0.25) is 4.79 Å². The van der Waals surface area contributed by atoms with Crippen LogP contribution in [0.4, 0.5) is 5.69 Å². The van der Waals surface area contributed by atoms with Gasteiger partial charge in [0.05, 0.1) is 0 Å². The average molecular weight is 246 g/mol. The number of rotatable bonds is 2. The number of nitrogens with one attached hydrogen (secondary N) is 1. The number of halogens is 1. The van der Waals surface area contributed by atoms with Crippen molar-refractivity contribution in [2.75, 3.05) is 5.32 Å². The number of hydrogen-bond donors (Lipinski definition) is 1. The summed E-state index contributed by atoms with van der Waals surface area (Å²) in [5, 5.41) is 3.49. The molecule has 17 heavy (non-hydrogen) atoms. The summed E-state index contributed by atoms with van der Waals surface area (Å²) >= 11 is 5.91. The van der Waals surface area contributed by atoms with Crippen LogP contribution in [-0.4, -0.2) is 5.91 Å². The van der Waals surface area contributed by atoms with Crippen LogP contribution in [0.15, 0.2) is 48.5 Å². The van der Waals surface area contributed by atoms with Gasteiger partial charge in [0.25, 0.3) is 5.91 Å². The molecule has 0 saturated heterocycles. The molecule has 0 aromatic heterocycles. The van der Waals surface area contributed by atoms with E-state index in [0.29, 0.717) is 10.6 Å². The molecule has 0 heterocycles. The van der Waals surface area contributed by atoms with E-state index in [1.807, 2.05) is 37.3 Å². The fourth-order valence-corrected chi connectivity index (χ4v) is 1.63. The lowest BCUT2D eigenvalue weighted by Crippen LogP contribution is -2.11. The maximum atomic E-state index is 11.9. The van der Waals surface area contributed by atoms with E-state index in [0.717, 1.165) is 11.3 Å². The first kappa shape index (κ1) is 11.7. The van der Waals surface area contributed by atoms with Crippen molar-refractivity contribution >= 4 is 23.2 Å². The molecule has 0 fully saturated rings. The second-order valence-corrected chi connectivity index (χ2v) is 4.19. The highest BCUT2D eigenvalue weighted by atomic mass is 35.5. The van der Waals surface area contributed by atoms with Crippen LogP contribution in [0.1, 0.15) is 15.9 Å². The Hall–Kier alpha value is -1.80. The van der Waals surface area contributed by atoms with E-state index in [1.165, 1.54) is 0 Å². The van der Waals surface area contributed by atoms with Crippen LogP contribution in [0.2, 0.25) is 5.02 Å². The molecule has 0 spiro atoms. The summed E-state index contributed by atoms with van der Waals surface area (Å²) in [6.07, 6.45) is 0. The van der Waals surface area contributed by atoms with Crippen molar-refractivity contribution in [1.29, 1.82) is 0 Å². The quantitative estimate of drug-likeness (QED) is 0.854. The Bertz CT molecular complexity index is 537. The monoisotopic (exact) mass is 245 g/mol. The molecular formula is C14H12ClNO. The van der Waals surface area contributed by atoms with Gasteiger partial charge < -0.3 is 5.32 Å². The van der Waals surface area contributed by atoms with Crippen molar-refractivity contribution < 1.29 is 4.79 Å². The molecule has 86 valence electrons. The van der Waals surface area contributed by atoms with Gasteiger partial charge in [-0.05, 0) is 42.8 Å². The van der Waals surface area contributed by atoms with E-state index < -0.39 is 0 Å². The van der Waals surface area contributed by atoms with Crippen LogP contribution in [0.3, 0.4) is 0 Å². The molecule has 2 aromatic carbocycles. The van der Waals surface area contributed by atoms with Crippen LogP contribution < -0.4 is 5.32 Å². The van der Waals surface area contributed by atoms with Crippen molar-refractivity contribution in [1.82, 2.24) is 0 Å². The zero-order valence-corrected chi connectivity index (χ0v) is 10.2. The Morgan fingerprint density at radius 3 is 2.47 bits per heavy atom. The van der Waals surface area contributed by atoms with Crippen LogP contribution in [0.25, 0.3) is 0 Å². The molecule has 0 bridgehead atoms. The van der Waals surface area contributed by atoms with Crippen LogP contribution in [-0.2, 0) is 0 Å². The number of carbonyl (C=O) groups excluding carboxylic acids is 1. The van der Waals surface area contributed by atoms with Gasteiger partial charge in [-0.2, -0.15) is 0 Å². The van der Waals surface area contributed by atoms with E-state index in [-0.39, 0.29) is 5.91 Å². The van der Waals surface area contributed by atoms with E-state index >= 15 is 0 Å². The molecule has 2 nitrogen and oxygen atoms in total. The molecule has 0 radical (unpaired) electrons. The Morgan fingerprint density at radius 2 is 1.82 bits per heavy atom. The van der Waals surface area contributed by atoms with Crippen molar-refractivity contribution in [3.63, 3.8) is 0 Å². The lowest BCUT2D eigenvalue weighted by molar-refractivity contribution is 0.102. The maximum absolute atomic E-state index is 11.9. The van der Waals surface area contributed by atoms with Crippen molar-refractivity contribution in [2.24, 2.45) is 0 Å². The Kier molecular flexibility index (Phi) is 3.45. The van der Waals surface area contributed by atoms with Crippen LogP contribution in [0, 0.1) is 6.92 Å². The summed E-state index contributed by atoms with van der Waals surface area (Å²) < 4.78 is 0. The molecule has 1 N–H and O–H groups in total. The minimum absolute atomic E-state index is 0.129.